The van der Waals surface area contributed by atoms with E-state index in [0.29, 0.717) is 6.42 Å². The van der Waals surface area contributed by atoms with Gasteiger partial charge in [0.15, 0.2) is 11.7 Å². The minimum Gasteiger partial charge on any atom is -0.297 e. The minimum absolute atomic E-state index is 0.0566. The third kappa shape index (κ3) is 3.32. The Morgan fingerprint density at radius 2 is 1.89 bits per heavy atom. The number of hydrogen-bond acceptors (Lipinski definition) is 4. The van der Waals surface area contributed by atoms with Crippen LogP contribution in [-0.2, 0) is 4.79 Å². The maximum Gasteiger partial charge on any atom is 0.160 e. The first-order valence-electron chi connectivity index (χ1n) is 8.58. The van der Waals surface area contributed by atoms with Crippen molar-refractivity contribution in [2.45, 2.75) is 18.3 Å². The Labute approximate surface area is 163 Å². The smallest absolute Gasteiger partial charge is 0.160 e. The van der Waals surface area contributed by atoms with Crippen molar-refractivity contribution < 1.29 is 18.0 Å². The zero-order valence-corrected chi connectivity index (χ0v) is 15.2. The molecule has 0 bridgehead atoms. The Balaban J connectivity index is 1.57. The number of hydrogen-bond donors (Lipinski definition) is 0. The van der Waals surface area contributed by atoms with Gasteiger partial charge in [-0.3, -0.25) is 4.79 Å². The first-order valence-corrected chi connectivity index (χ1v) is 9.46. The van der Waals surface area contributed by atoms with E-state index in [1.54, 1.807) is 12.1 Å². The molecule has 3 unspecified atom stereocenters. The predicted molar refractivity (Wildman–Crippen MR) is 98.1 cm³/mol. The van der Waals surface area contributed by atoms with Crippen molar-refractivity contribution in [3.8, 4) is 17.3 Å². The van der Waals surface area contributed by atoms with E-state index >= 15 is 0 Å². The van der Waals surface area contributed by atoms with E-state index < -0.39 is 17.6 Å². The summed E-state index contributed by atoms with van der Waals surface area (Å²) in [4.78, 5) is 16.9. The number of rotatable bonds is 5. The Morgan fingerprint density at radius 3 is 2.57 bits per heavy atom. The van der Waals surface area contributed by atoms with Gasteiger partial charge in [0, 0.05) is 11.3 Å². The number of thiazole rings is 1. The van der Waals surface area contributed by atoms with Crippen LogP contribution in [0.5, 0.6) is 0 Å². The van der Waals surface area contributed by atoms with Gasteiger partial charge in [0.05, 0.1) is 17.3 Å². The number of aromatic nitrogens is 1. The van der Waals surface area contributed by atoms with Gasteiger partial charge < -0.3 is 0 Å². The van der Waals surface area contributed by atoms with Gasteiger partial charge in [0.2, 0.25) is 0 Å². The van der Waals surface area contributed by atoms with Crippen molar-refractivity contribution in [2.75, 3.05) is 0 Å². The molecule has 4 rings (SSSR count). The minimum atomic E-state index is -1.11. The fourth-order valence-corrected chi connectivity index (χ4v) is 4.21. The van der Waals surface area contributed by atoms with E-state index in [4.69, 9.17) is 0 Å². The molecule has 0 aliphatic heterocycles. The van der Waals surface area contributed by atoms with Crippen LogP contribution in [0, 0.1) is 34.7 Å². The molecule has 3 atom stereocenters. The van der Waals surface area contributed by atoms with Gasteiger partial charge in [0.1, 0.15) is 22.5 Å². The highest BCUT2D eigenvalue weighted by Crippen LogP contribution is 2.50. The van der Waals surface area contributed by atoms with Gasteiger partial charge in [-0.1, -0.05) is 18.2 Å². The molecule has 0 amide bonds. The summed E-state index contributed by atoms with van der Waals surface area (Å²) in [6.07, 6.45) is 0.542. The Morgan fingerprint density at radius 1 is 1.18 bits per heavy atom. The molecule has 1 aromatic heterocycles. The van der Waals surface area contributed by atoms with Crippen molar-refractivity contribution in [3.05, 3.63) is 75.9 Å². The van der Waals surface area contributed by atoms with Crippen molar-refractivity contribution in [2.24, 2.45) is 5.92 Å². The van der Waals surface area contributed by atoms with Crippen molar-refractivity contribution in [1.82, 2.24) is 4.98 Å². The van der Waals surface area contributed by atoms with Gasteiger partial charge in [-0.15, -0.1) is 11.3 Å². The van der Waals surface area contributed by atoms with Crippen LogP contribution in [-0.4, -0.2) is 10.8 Å². The summed E-state index contributed by atoms with van der Waals surface area (Å²) in [5.74, 6) is -3.81. The molecule has 3 nitrogen and oxygen atoms in total. The molecular weight excluding hydrogens is 385 g/mol. The molecule has 28 heavy (non-hydrogen) atoms. The van der Waals surface area contributed by atoms with E-state index in [-0.39, 0.29) is 39.7 Å². The molecule has 140 valence electrons. The standard InChI is InChI=1S/C21H13F3N2OS/c22-12-4-1-3-11(7-12)13-8-14(13)20(27)15(9-25)21-26-18(10-28-21)19-16(23)5-2-6-17(19)24/h1-7,10,13-15H,8H2. The summed E-state index contributed by atoms with van der Waals surface area (Å²) in [6.45, 7) is 0. The summed E-state index contributed by atoms with van der Waals surface area (Å²) < 4.78 is 41.3. The molecule has 1 aliphatic rings. The molecule has 0 saturated heterocycles. The molecular formula is C21H13F3N2OS. The maximum absolute atomic E-state index is 14.0. The predicted octanol–water partition coefficient (Wildman–Crippen LogP) is 5.21. The number of halogens is 3. The molecule has 2 aromatic carbocycles. The zero-order chi connectivity index (χ0) is 19.8. The number of ketones is 1. The van der Waals surface area contributed by atoms with Crippen LogP contribution >= 0.6 is 11.3 Å². The molecule has 1 saturated carbocycles. The van der Waals surface area contributed by atoms with E-state index in [9.17, 15) is 23.2 Å². The SMILES string of the molecule is N#CC(C(=O)C1CC1c1cccc(F)c1)c1nc(-c2c(F)cccc2F)cs1. The molecule has 1 heterocycles. The lowest BCUT2D eigenvalue weighted by atomic mass is 9.99. The van der Waals surface area contributed by atoms with Gasteiger partial charge in [-0.2, -0.15) is 5.26 Å². The normalized spacial score (nSPS) is 19.1. The summed E-state index contributed by atoms with van der Waals surface area (Å²) in [5.41, 5.74) is 0.502. The van der Waals surface area contributed by atoms with Crippen LogP contribution in [0.4, 0.5) is 13.2 Å². The number of carbonyl (C=O) groups excluding carboxylic acids is 1. The molecule has 0 radical (unpaired) electrons. The van der Waals surface area contributed by atoms with Gasteiger partial charge in [-0.05, 0) is 42.2 Å². The third-order valence-corrected chi connectivity index (χ3v) is 5.74. The first-order chi connectivity index (χ1) is 13.5. The van der Waals surface area contributed by atoms with Crippen LogP contribution in [0.3, 0.4) is 0 Å². The number of carbonyl (C=O) groups is 1. The zero-order valence-electron chi connectivity index (χ0n) is 14.4. The number of nitrogens with zero attached hydrogens (tertiary/aromatic N) is 2. The monoisotopic (exact) mass is 398 g/mol. The van der Waals surface area contributed by atoms with Crippen LogP contribution in [0.25, 0.3) is 11.3 Å². The summed E-state index contributed by atoms with van der Waals surface area (Å²) in [5, 5.41) is 11.1. The lowest BCUT2D eigenvalue weighted by Gasteiger charge is -2.05. The topological polar surface area (TPSA) is 53.8 Å². The molecule has 0 spiro atoms. The first kappa shape index (κ1) is 18.4. The molecule has 0 N–H and O–H groups in total. The molecule has 7 heteroatoms. The van der Waals surface area contributed by atoms with Crippen molar-refractivity contribution in [3.63, 3.8) is 0 Å². The largest absolute Gasteiger partial charge is 0.297 e. The summed E-state index contributed by atoms with van der Waals surface area (Å²) in [6, 6.07) is 11.5. The van der Waals surface area contributed by atoms with Crippen molar-refractivity contribution >= 4 is 17.1 Å². The third-order valence-electron chi connectivity index (χ3n) is 4.83. The Bertz CT molecular complexity index is 1080. The van der Waals surface area contributed by atoms with Crippen molar-refractivity contribution in [1.29, 1.82) is 5.26 Å². The van der Waals surface area contributed by atoms with E-state index in [0.717, 1.165) is 29.0 Å². The average molecular weight is 398 g/mol. The quantitative estimate of drug-likeness (QED) is 0.593. The van der Waals surface area contributed by atoms with Crippen LogP contribution in [0.15, 0.2) is 47.8 Å². The van der Waals surface area contributed by atoms with Crippen LogP contribution in [0.1, 0.15) is 28.8 Å². The maximum atomic E-state index is 14.0. The lowest BCUT2D eigenvalue weighted by molar-refractivity contribution is -0.120. The summed E-state index contributed by atoms with van der Waals surface area (Å²) in [7, 11) is 0. The van der Waals surface area contributed by atoms with Crippen LogP contribution in [0.2, 0.25) is 0 Å². The average Bonchev–Trinajstić information content (AvgIpc) is 3.34. The second kappa shape index (κ2) is 7.21. The number of nitriles is 1. The number of benzene rings is 2. The fourth-order valence-electron chi connectivity index (χ4n) is 3.35. The highest BCUT2D eigenvalue weighted by Gasteiger charge is 2.47. The lowest BCUT2D eigenvalue weighted by Crippen LogP contribution is -2.13. The fraction of sp³-hybridized carbons (Fsp3) is 0.190. The van der Waals surface area contributed by atoms with Gasteiger partial charge >= 0.3 is 0 Å². The molecule has 3 aromatic rings. The van der Waals surface area contributed by atoms with E-state index in [1.165, 1.54) is 23.6 Å². The number of Topliss-reactive ketones (excluding diaryl/α,β-unsaturated/α-hetero) is 1. The molecule has 1 fully saturated rings. The second-order valence-corrected chi connectivity index (χ2v) is 7.53. The van der Waals surface area contributed by atoms with Gasteiger partial charge in [0.25, 0.3) is 0 Å². The van der Waals surface area contributed by atoms with Crippen LogP contribution < -0.4 is 0 Å². The van der Waals surface area contributed by atoms with Gasteiger partial charge in [-0.25, -0.2) is 18.2 Å². The van der Waals surface area contributed by atoms with E-state index in [1.807, 2.05) is 6.07 Å². The summed E-state index contributed by atoms with van der Waals surface area (Å²) >= 11 is 1.02. The Hall–Kier alpha value is -2.98. The highest BCUT2D eigenvalue weighted by atomic mass is 32.1. The Kier molecular flexibility index (Phi) is 4.73. The highest BCUT2D eigenvalue weighted by molar-refractivity contribution is 7.10. The second-order valence-electron chi connectivity index (χ2n) is 6.64. The molecule has 1 aliphatic carbocycles. The van der Waals surface area contributed by atoms with E-state index in [2.05, 4.69) is 4.98 Å².